The molecule has 1 unspecified atom stereocenters. The molecule has 0 saturated carbocycles. The lowest BCUT2D eigenvalue weighted by atomic mass is 10.2. The van der Waals surface area contributed by atoms with Gasteiger partial charge in [-0.2, -0.15) is 11.8 Å². The normalized spacial score (nSPS) is 13.3. The van der Waals surface area contributed by atoms with Gasteiger partial charge in [0.15, 0.2) is 0 Å². The van der Waals surface area contributed by atoms with E-state index >= 15 is 0 Å². The molecule has 1 atom stereocenters. The maximum atomic E-state index is 12.1. The number of nitrogens with one attached hydrogen (secondary N) is 1. The second kappa shape index (κ2) is 7.65. The molecule has 0 amide bonds. The van der Waals surface area contributed by atoms with Crippen molar-refractivity contribution in [3.63, 3.8) is 0 Å². The van der Waals surface area contributed by atoms with Gasteiger partial charge < -0.3 is 10.1 Å². The van der Waals surface area contributed by atoms with E-state index in [-0.39, 0.29) is 5.75 Å². The molecule has 0 bridgehead atoms. The highest BCUT2D eigenvalue weighted by Crippen LogP contribution is 2.23. The largest absolute Gasteiger partial charge is 0.573 e. The van der Waals surface area contributed by atoms with Crippen LogP contribution in [-0.4, -0.2) is 24.4 Å². The van der Waals surface area contributed by atoms with Crippen LogP contribution in [0.15, 0.2) is 24.3 Å². The number of rotatable bonds is 7. The standard InChI is InChI=1S/C13H18F3NOS/c1-3-11(9-19-2)17-8-10-5-4-6-12(7-10)18-13(14,15)16/h4-7,11,17H,3,8-9H2,1-2H3. The van der Waals surface area contributed by atoms with Crippen molar-refractivity contribution in [2.24, 2.45) is 0 Å². The van der Waals surface area contributed by atoms with Gasteiger partial charge in [-0.15, -0.1) is 13.2 Å². The van der Waals surface area contributed by atoms with Gasteiger partial charge in [0.05, 0.1) is 0 Å². The molecule has 1 aromatic carbocycles. The van der Waals surface area contributed by atoms with Crippen molar-refractivity contribution >= 4 is 11.8 Å². The molecular weight excluding hydrogens is 275 g/mol. The maximum Gasteiger partial charge on any atom is 0.573 e. The summed E-state index contributed by atoms with van der Waals surface area (Å²) in [6, 6.07) is 6.42. The highest BCUT2D eigenvalue weighted by atomic mass is 32.2. The van der Waals surface area contributed by atoms with Crippen molar-refractivity contribution in [2.45, 2.75) is 32.3 Å². The molecule has 0 heterocycles. The van der Waals surface area contributed by atoms with Gasteiger partial charge in [-0.05, 0) is 30.4 Å². The van der Waals surface area contributed by atoms with E-state index in [1.165, 1.54) is 12.1 Å². The maximum absolute atomic E-state index is 12.1. The average Bonchev–Trinajstić information content (AvgIpc) is 2.33. The van der Waals surface area contributed by atoms with E-state index in [4.69, 9.17) is 0 Å². The van der Waals surface area contributed by atoms with E-state index in [1.54, 1.807) is 23.9 Å². The van der Waals surface area contributed by atoms with Crippen LogP contribution < -0.4 is 10.1 Å². The van der Waals surface area contributed by atoms with E-state index in [0.717, 1.165) is 17.7 Å². The van der Waals surface area contributed by atoms with E-state index in [2.05, 4.69) is 17.0 Å². The van der Waals surface area contributed by atoms with Crippen molar-refractivity contribution in [2.75, 3.05) is 12.0 Å². The second-order valence-corrected chi connectivity index (χ2v) is 5.05. The lowest BCUT2D eigenvalue weighted by Gasteiger charge is -2.16. The van der Waals surface area contributed by atoms with Crippen molar-refractivity contribution in [1.29, 1.82) is 0 Å². The first kappa shape index (κ1) is 16.2. The smallest absolute Gasteiger partial charge is 0.406 e. The van der Waals surface area contributed by atoms with Gasteiger partial charge in [-0.3, -0.25) is 0 Å². The third-order valence-corrected chi connectivity index (χ3v) is 3.32. The van der Waals surface area contributed by atoms with Crippen LogP contribution in [0.5, 0.6) is 5.75 Å². The van der Waals surface area contributed by atoms with Crippen LogP contribution in [0.2, 0.25) is 0 Å². The molecule has 0 aliphatic carbocycles. The highest BCUT2D eigenvalue weighted by molar-refractivity contribution is 7.98. The molecule has 2 nitrogen and oxygen atoms in total. The summed E-state index contributed by atoms with van der Waals surface area (Å²) < 4.78 is 40.2. The van der Waals surface area contributed by atoms with Crippen molar-refractivity contribution in [3.8, 4) is 5.75 Å². The number of hydrogen-bond acceptors (Lipinski definition) is 3. The summed E-state index contributed by atoms with van der Waals surface area (Å²) in [4.78, 5) is 0. The monoisotopic (exact) mass is 293 g/mol. The third kappa shape index (κ3) is 6.73. The molecule has 0 saturated heterocycles. The van der Waals surface area contributed by atoms with E-state index < -0.39 is 6.36 Å². The zero-order valence-electron chi connectivity index (χ0n) is 11.0. The SMILES string of the molecule is CCC(CSC)NCc1cccc(OC(F)(F)F)c1. The van der Waals surface area contributed by atoms with E-state index in [0.29, 0.717) is 12.6 Å². The van der Waals surface area contributed by atoms with Crippen molar-refractivity contribution in [3.05, 3.63) is 29.8 Å². The van der Waals surface area contributed by atoms with Crippen molar-refractivity contribution in [1.82, 2.24) is 5.32 Å². The first-order chi connectivity index (χ1) is 8.94. The van der Waals surface area contributed by atoms with Crippen molar-refractivity contribution < 1.29 is 17.9 Å². The summed E-state index contributed by atoms with van der Waals surface area (Å²) in [5, 5.41) is 3.32. The Bertz CT molecular complexity index is 384. The molecule has 0 aliphatic rings. The van der Waals surface area contributed by atoms with Crippen LogP contribution in [0, 0.1) is 0 Å². The minimum atomic E-state index is -4.64. The molecule has 0 aromatic heterocycles. The summed E-state index contributed by atoms with van der Waals surface area (Å²) in [6.07, 6.45) is -1.63. The summed E-state index contributed by atoms with van der Waals surface area (Å²) in [6.45, 7) is 2.62. The van der Waals surface area contributed by atoms with Crippen LogP contribution in [0.4, 0.5) is 13.2 Å². The topological polar surface area (TPSA) is 21.3 Å². The predicted octanol–water partition coefficient (Wildman–Crippen LogP) is 3.82. The van der Waals surface area contributed by atoms with E-state index in [9.17, 15) is 13.2 Å². The summed E-state index contributed by atoms with van der Waals surface area (Å²) in [5.74, 6) is 0.805. The van der Waals surface area contributed by atoms with Gasteiger partial charge >= 0.3 is 6.36 Å². The first-order valence-corrected chi connectivity index (χ1v) is 7.41. The summed E-state index contributed by atoms with van der Waals surface area (Å²) in [7, 11) is 0. The van der Waals surface area contributed by atoms with Crippen LogP contribution in [0.1, 0.15) is 18.9 Å². The zero-order valence-corrected chi connectivity index (χ0v) is 11.8. The number of benzene rings is 1. The molecule has 6 heteroatoms. The molecule has 108 valence electrons. The Balaban J connectivity index is 2.57. The summed E-state index contributed by atoms with van der Waals surface area (Å²) in [5.41, 5.74) is 0.779. The lowest BCUT2D eigenvalue weighted by Crippen LogP contribution is -2.30. The molecule has 1 N–H and O–H groups in total. The number of thioether (sulfide) groups is 1. The number of halogens is 3. The Hall–Kier alpha value is -0.880. The molecular formula is C13H18F3NOS. The molecule has 0 radical (unpaired) electrons. The van der Waals surface area contributed by atoms with Gasteiger partial charge in [0.1, 0.15) is 5.75 Å². The van der Waals surface area contributed by atoms with Crippen LogP contribution >= 0.6 is 11.8 Å². The number of hydrogen-bond donors (Lipinski definition) is 1. The van der Waals surface area contributed by atoms with Gasteiger partial charge in [-0.25, -0.2) is 0 Å². The molecule has 1 aromatic rings. The molecule has 0 fully saturated rings. The predicted molar refractivity (Wildman–Crippen MR) is 72.4 cm³/mol. The number of ether oxygens (including phenoxy) is 1. The zero-order chi connectivity index (χ0) is 14.3. The first-order valence-electron chi connectivity index (χ1n) is 6.01. The summed E-state index contributed by atoms with van der Waals surface area (Å²) >= 11 is 1.74. The van der Waals surface area contributed by atoms with Gasteiger partial charge in [0, 0.05) is 18.3 Å². The fourth-order valence-electron chi connectivity index (χ4n) is 1.64. The quantitative estimate of drug-likeness (QED) is 0.826. The van der Waals surface area contributed by atoms with Gasteiger partial charge in [0.25, 0.3) is 0 Å². The Labute approximate surface area is 115 Å². The van der Waals surface area contributed by atoms with Gasteiger partial charge in [-0.1, -0.05) is 19.1 Å². The minimum Gasteiger partial charge on any atom is -0.406 e. The number of alkyl halides is 3. The fraction of sp³-hybridized carbons (Fsp3) is 0.538. The molecule has 19 heavy (non-hydrogen) atoms. The lowest BCUT2D eigenvalue weighted by molar-refractivity contribution is -0.274. The van der Waals surface area contributed by atoms with E-state index in [1.807, 2.05) is 6.26 Å². The fourth-order valence-corrected chi connectivity index (χ4v) is 2.39. The third-order valence-electron chi connectivity index (χ3n) is 2.59. The Kier molecular flexibility index (Phi) is 6.51. The average molecular weight is 293 g/mol. The van der Waals surface area contributed by atoms with Gasteiger partial charge in [0.2, 0.25) is 0 Å². The molecule has 1 rings (SSSR count). The van der Waals surface area contributed by atoms with Crippen LogP contribution in [-0.2, 0) is 6.54 Å². The second-order valence-electron chi connectivity index (χ2n) is 4.14. The Morgan fingerprint density at radius 3 is 2.68 bits per heavy atom. The van der Waals surface area contributed by atoms with Crippen LogP contribution in [0.25, 0.3) is 0 Å². The minimum absolute atomic E-state index is 0.176. The Morgan fingerprint density at radius 1 is 1.37 bits per heavy atom. The Morgan fingerprint density at radius 2 is 2.11 bits per heavy atom. The van der Waals surface area contributed by atoms with Crippen LogP contribution in [0.3, 0.4) is 0 Å². The highest BCUT2D eigenvalue weighted by Gasteiger charge is 2.31. The molecule has 0 spiro atoms. The molecule has 0 aliphatic heterocycles.